The van der Waals surface area contributed by atoms with E-state index in [1.807, 2.05) is 13.8 Å². The van der Waals surface area contributed by atoms with E-state index in [1.54, 1.807) is 0 Å². The van der Waals surface area contributed by atoms with Gasteiger partial charge in [0.15, 0.2) is 0 Å². The minimum absolute atomic E-state index is 0.0266. The van der Waals surface area contributed by atoms with Crippen LogP contribution in [0.4, 0.5) is 0 Å². The van der Waals surface area contributed by atoms with Gasteiger partial charge in [-0.2, -0.15) is 0 Å². The standard InChI is InChI=1S/2C10H16O2/c2*1-3-12-10(11)9-6-4-8(2)5-7-9/h2*4,9H,3,5-7H2,1-2H3/t2*9-/m10/s1. The summed E-state index contributed by atoms with van der Waals surface area (Å²) in [7, 11) is 0. The van der Waals surface area contributed by atoms with E-state index in [9.17, 15) is 9.59 Å². The lowest BCUT2D eigenvalue weighted by Gasteiger charge is -2.18. The number of hydrogen-bond acceptors (Lipinski definition) is 4. The molecule has 2 aliphatic carbocycles. The van der Waals surface area contributed by atoms with Crippen molar-refractivity contribution in [2.24, 2.45) is 11.8 Å². The molecule has 0 aromatic heterocycles. The van der Waals surface area contributed by atoms with E-state index < -0.39 is 0 Å². The monoisotopic (exact) mass is 336 g/mol. The molecule has 0 radical (unpaired) electrons. The first kappa shape index (κ1) is 20.5. The van der Waals surface area contributed by atoms with Crippen molar-refractivity contribution in [3.05, 3.63) is 23.3 Å². The van der Waals surface area contributed by atoms with E-state index in [-0.39, 0.29) is 23.8 Å². The third kappa shape index (κ3) is 7.33. The second-order valence-corrected chi connectivity index (χ2v) is 6.55. The van der Waals surface area contributed by atoms with Crippen LogP contribution in [0.1, 0.15) is 66.2 Å². The van der Waals surface area contributed by atoms with Gasteiger partial charge < -0.3 is 9.47 Å². The van der Waals surface area contributed by atoms with Crippen molar-refractivity contribution in [3.63, 3.8) is 0 Å². The van der Waals surface area contributed by atoms with Crippen LogP contribution < -0.4 is 0 Å². The summed E-state index contributed by atoms with van der Waals surface area (Å²) >= 11 is 0. The fourth-order valence-electron chi connectivity index (χ4n) is 2.88. The maximum atomic E-state index is 11.3. The Morgan fingerprint density at radius 3 is 1.50 bits per heavy atom. The summed E-state index contributed by atoms with van der Waals surface area (Å²) in [4.78, 5) is 22.5. The van der Waals surface area contributed by atoms with Gasteiger partial charge in [0, 0.05) is 0 Å². The Labute approximate surface area is 146 Å². The highest BCUT2D eigenvalue weighted by Crippen LogP contribution is 2.24. The minimum Gasteiger partial charge on any atom is -0.466 e. The highest BCUT2D eigenvalue weighted by molar-refractivity contribution is 5.73. The summed E-state index contributed by atoms with van der Waals surface area (Å²) in [6, 6.07) is 0. The molecule has 0 unspecified atom stereocenters. The molecule has 136 valence electrons. The molecule has 24 heavy (non-hydrogen) atoms. The summed E-state index contributed by atoms with van der Waals surface area (Å²) in [5.41, 5.74) is 2.80. The molecule has 2 rings (SSSR count). The Balaban J connectivity index is 0.000000240. The van der Waals surface area contributed by atoms with Crippen LogP contribution in [0.5, 0.6) is 0 Å². The molecule has 2 aliphatic rings. The van der Waals surface area contributed by atoms with Gasteiger partial charge in [-0.05, 0) is 66.2 Å². The molecule has 0 aliphatic heterocycles. The molecule has 0 aromatic carbocycles. The average molecular weight is 336 g/mol. The first-order valence-electron chi connectivity index (χ1n) is 9.12. The zero-order valence-electron chi connectivity index (χ0n) is 15.6. The van der Waals surface area contributed by atoms with E-state index in [0.29, 0.717) is 13.2 Å². The van der Waals surface area contributed by atoms with E-state index in [4.69, 9.17) is 9.47 Å². The second kappa shape index (κ2) is 11.1. The van der Waals surface area contributed by atoms with Crippen LogP contribution in [0.25, 0.3) is 0 Å². The van der Waals surface area contributed by atoms with Gasteiger partial charge in [0.2, 0.25) is 0 Å². The molecule has 0 saturated carbocycles. The molecule has 4 heteroatoms. The third-order valence-corrected chi connectivity index (χ3v) is 4.52. The van der Waals surface area contributed by atoms with Gasteiger partial charge in [-0.3, -0.25) is 9.59 Å². The predicted octanol–water partition coefficient (Wildman–Crippen LogP) is 4.59. The van der Waals surface area contributed by atoms with Gasteiger partial charge in [-0.25, -0.2) is 0 Å². The normalized spacial score (nSPS) is 23.2. The Kier molecular flexibility index (Phi) is 9.43. The van der Waals surface area contributed by atoms with Crippen LogP contribution in [-0.4, -0.2) is 25.2 Å². The number of ether oxygens (including phenoxy) is 2. The molecule has 0 bridgehead atoms. The van der Waals surface area contributed by atoms with Gasteiger partial charge in [0.05, 0.1) is 25.0 Å². The van der Waals surface area contributed by atoms with Gasteiger partial charge in [-0.1, -0.05) is 23.3 Å². The summed E-state index contributed by atoms with van der Waals surface area (Å²) in [5, 5.41) is 0. The molecule has 4 nitrogen and oxygen atoms in total. The largest absolute Gasteiger partial charge is 0.466 e. The summed E-state index contributed by atoms with van der Waals surface area (Å²) in [6.07, 6.45) is 10.0. The quantitative estimate of drug-likeness (QED) is 0.556. The van der Waals surface area contributed by atoms with E-state index in [0.717, 1.165) is 38.5 Å². The number of allylic oxidation sites excluding steroid dienone is 4. The van der Waals surface area contributed by atoms with Crippen molar-refractivity contribution in [1.82, 2.24) is 0 Å². The average Bonchev–Trinajstić information content (AvgIpc) is 2.57. The van der Waals surface area contributed by atoms with E-state index in [1.165, 1.54) is 11.1 Å². The van der Waals surface area contributed by atoms with Gasteiger partial charge in [0.1, 0.15) is 0 Å². The van der Waals surface area contributed by atoms with Crippen LogP contribution in [0.3, 0.4) is 0 Å². The number of rotatable bonds is 4. The number of esters is 2. The SMILES string of the molecule is CCOC(=O)[C@@H]1CC=C(C)CC1.CCOC(=O)[C@H]1CC=C(C)CC1. The van der Waals surface area contributed by atoms with Crippen LogP contribution in [0.2, 0.25) is 0 Å². The highest BCUT2D eigenvalue weighted by atomic mass is 16.5. The molecule has 0 N–H and O–H groups in total. The lowest BCUT2D eigenvalue weighted by Crippen LogP contribution is -2.19. The number of carbonyl (C=O) groups is 2. The van der Waals surface area contributed by atoms with Gasteiger partial charge in [0.25, 0.3) is 0 Å². The van der Waals surface area contributed by atoms with E-state index in [2.05, 4.69) is 26.0 Å². The third-order valence-electron chi connectivity index (χ3n) is 4.52. The minimum atomic E-state index is -0.0266. The molecule has 0 fully saturated rings. The lowest BCUT2D eigenvalue weighted by atomic mass is 9.90. The second-order valence-electron chi connectivity index (χ2n) is 6.55. The predicted molar refractivity (Wildman–Crippen MR) is 95.5 cm³/mol. The van der Waals surface area contributed by atoms with Crippen molar-refractivity contribution in [1.29, 1.82) is 0 Å². The van der Waals surface area contributed by atoms with E-state index >= 15 is 0 Å². The first-order valence-corrected chi connectivity index (χ1v) is 9.12. The zero-order chi connectivity index (χ0) is 17.9. The lowest BCUT2D eigenvalue weighted by molar-refractivity contribution is -0.149. The van der Waals surface area contributed by atoms with Gasteiger partial charge in [-0.15, -0.1) is 0 Å². The number of carbonyl (C=O) groups excluding carboxylic acids is 2. The van der Waals surface area contributed by atoms with Crippen LogP contribution in [0.15, 0.2) is 23.3 Å². The van der Waals surface area contributed by atoms with Crippen LogP contribution >= 0.6 is 0 Å². The van der Waals surface area contributed by atoms with Crippen molar-refractivity contribution in [3.8, 4) is 0 Å². The smallest absolute Gasteiger partial charge is 0.309 e. The van der Waals surface area contributed by atoms with Gasteiger partial charge >= 0.3 is 11.9 Å². The molecule has 0 saturated heterocycles. The zero-order valence-corrected chi connectivity index (χ0v) is 15.6. The Bertz CT molecular complexity index is 432. The topological polar surface area (TPSA) is 52.6 Å². The summed E-state index contributed by atoms with van der Waals surface area (Å²) < 4.78 is 9.90. The maximum absolute atomic E-state index is 11.3. The molecular weight excluding hydrogens is 304 g/mol. The highest BCUT2D eigenvalue weighted by Gasteiger charge is 2.21. The molecule has 2 atom stereocenters. The number of hydrogen-bond donors (Lipinski definition) is 0. The Hall–Kier alpha value is -1.58. The van der Waals surface area contributed by atoms with Crippen LogP contribution in [0, 0.1) is 11.8 Å². The molecule has 0 amide bonds. The Morgan fingerprint density at radius 1 is 0.875 bits per heavy atom. The Morgan fingerprint density at radius 2 is 1.25 bits per heavy atom. The molecule has 0 spiro atoms. The maximum Gasteiger partial charge on any atom is 0.309 e. The molecule has 0 heterocycles. The molecule has 0 aromatic rings. The molecular formula is C20H32O4. The fourth-order valence-corrected chi connectivity index (χ4v) is 2.88. The fraction of sp³-hybridized carbons (Fsp3) is 0.700. The summed E-state index contributed by atoms with van der Waals surface area (Å²) in [5.74, 6) is 0.185. The first-order chi connectivity index (χ1) is 11.5. The van der Waals surface area contributed by atoms with Crippen molar-refractivity contribution in [2.75, 3.05) is 13.2 Å². The van der Waals surface area contributed by atoms with Crippen molar-refractivity contribution < 1.29 is 19.1 Å². The van der Waals surface area contributed by atoms with Crippen molar-refractivity contribution >= 4 is 11.9 Å². The van der Waals surface area contributed by atoms with Crippen molar-refractivity contribution in [2.45, 2.75) is 66.2 Å². The van der Waals surface area contributed by atoms with Crippen LogP contribution in [-0.2, 0) is 19.1 Å². The summed E-state index contributed by atoms with van der Waals surface area (Å²) in [6.45, 7) is 8.92.